The predicted molar refractivity (Wildman–Crippen MR) is 57.3 cm³/mol. The molecule has 0 bridgehead atoms. The van der Waals surface area contributed by atoms with E-state index in [1.807, 2.05) is 0 Å². The maximum atomic E-state index is 11.7. The number of rotatable bonds is 4. The van der Waals surface area contributed by atoms with Gasteiger partial charge in [0.1, 0.15) is 0 Å². The average molecular weight is 212 g/mol. The molecule has 2 atom stereocenters. The zero-order valence-electron chi connectivity index (χ0n) is 9.04. The standard InChI is InChI=1S/C11H20N2O2/c14-10(8-3-4-8)7-13-11(15)9-2-1-5-12-6-9/h8-10,12,14H,1-7H2,(H,13,15)/t9-,10?/m1/s1. The molecule has 0 radical (unpaired) electrons. The zero-order chi connectivity index (χ0) is 10.7. The summed E-state index contributed by atoms with van der Waals surface area (Å²) in [7, 11) is 0. The molecule has 2 fully saturated rings. The SMILES string of the molecule is O=C(NCC(O)C1CC1)[C@@H]1CCCNC1. The molecule has 1 aliphatic heterocycles. The number of aliphatic hydroxyl groups excluding tert-OH is 1. The van der Waals surface area contributed by atoms with Crippen LogP contribution in [0.3, 0.4) is 0 Å². The molecule has 2 rings (SSSR count). The third-order valence-corrected chi connectivity index (χ3v) is 3.32. The molecule has 0 aromatic rings. The van der Waals surface area contributed by atoms with Gasteiger partial charge in [0.25, 0.3) is 0 Å². The highest BCUT2D eigenvalue weighted by Gasteiger charge is 2.30. The molecule has 0 aromatic heterocycles. The Morgan fingerprint density at radius 1 is 1.47 bits per heavy atom. The monoisotopic (exact) mass is 212 g/mol. The quantitative estimate of drug-likeness (QED) is 0.608. The van der Waals surface area contributed by atoms with E-state index in [2.05, 4.69) is 10.6 Å². The average Bonchev–Trinajstić information content (AvgIpc) is 3.10. The van der Waals surface area contributed by atoms with E-state index in [-0.39, 0.29) is 17.9 Å². The van der Waals surface area contributed by atoms with Crippen LogP contribution in [0.4, 0.5) is 0 Å². The summed E-state index contributed by atoms with van der Waals surface area (Å²) >= 11 is 0. The molecule has 1 unspecified atom stereocenters. The molecule has 2 aliphatic rings. The Bertz CT molecular complexity index is 223. The smallest absolute Gasteiger partial charge is 0.224 e. The summed E-state index contributed by atoms with van der Waals surface area (Å²) in [6.45, 7) is 2.24. The van der Waals surface area contributed by atoms with Gasteiger partial charge >= 0.3 is 0 Å². The Morgan fingerprint density at radius 2 is 2.27 bits per heavy atom. The van der Waals surface area contributed by atoms with Crippen molar-refractivity contribution in [1.82, 2.24) is 10.6 Å². The number of aliphatic hydroxyl groups is 1. The molecule has 1 saturated carbocycles. The van der Waals surface area contributed by atoms with Gasteiger partial charge < -0.3 is 15.7 Å². The van der Waals surface area contributed by atoms with Crippen molar-refractivity contribution < 1.29 is 9.90 Å². The lowest BCUT2D eigenvalue weighted by molar-refractivity contribution is -0.126. The Balaban J connectivity index is 1.66. The van der Waals surface area contributed by atoms with E-state index >= 15 is 0 Å². The summed E-state index contributed by atoms with van der Waals surface area (Å²) in [5.41, 5.74) is 0. The minimum atomic E-state index is -0.328. The maximum Gasteiger partial charge on any atom is 0.224 e. The van der Waals surface area contributed by atoms with E-state index in [4.69, 9.17) is 0 Å². The lowest BCUT2D eigenvalue weighted by Crippen LogP contribution is -2.43. The molecule has 3 N–H and O–H groups in total. The van der Waals surface area contributed by atoms with Crippen LogP contribution in [0, 0.1) is 11.8 Å². The summed E-state index contributed by atoms with van der Waals surface area (Å²) < 4.78 is 0. The first-order valence-corrected chi connectivity index (χ1v) is 5.94. The summed E-state index contributed by atoms with van der Waals surface area (Å²) in [4.78, 5) is 11.7. The molecule has 0 spiro atoms. The maximum absolute atomic E-state index is 11.7. The number of amides is 1. The van der Waals surface area contributed by atoms with Gasteiger partial charge in [0, 0.05) is 13.1 Å². The lowest BCUT2D eigenvalue weighted by atomic mass is 9.99. The predicted octanol–water partition coefficient (Wildman–Crippen LogP) is -0.127. The van der Waals surface area contributed by atoms with Crippen LogP contribution in [-0.2, 0) is 4.79 Å². The highest BCUT2D eigenvalue weighted by Crippen LogP contribution is 2.32. The fraction of sp³-hybridized carbons (Fsp3) is 0.909. The van der Waals surface area contributed by atoms with Crippen molar-refractivity contribution in [1.29, 1.82) is 0 Å². The molecule has 1 aliphatic carbocycles. The van der Waals surface area contributed by atoms with Gasteiger partial charge in [-0.15, -0.1) is 0 Å². The van der Waals surface area contributed by atoms with Crippen LogP contribution in [0.25, 0.3) is 0 Å². The normalized spacial score (nSPS) is 28.5. The van der Waals surface area contributed by atoms with Crippen molar-refractivity contribution in [3.63, 3.8) is 0 Å². The van der Waals surface area contributed by atoms with Gasteiger partial charge in [0.15, 0.2) is 0 Å². The highest BCUT2D eigenvalue weighted by molar-refractivity contribution is 5.78. The summed E-state index contributed by atoms with van der Waals surface area (Å²) in [6, 6.07) is 0. The minimum Gasteiger partial charge on any atom is -0.391 e. The largest absolute Gasteiger partial charge is 0.391 e. The first-order chi connectivity index (χ1) is 7.27. The van der Waals surface area contributed by atoms with Gasteiger partial charge in [0.2, 0.25) is 5.91 Å². The topological polar surface area (TPSA) is 61.4 Å². The molecule has 1 heterocycles. The molecule has 4 heteroatoms. The lowest BCUT2D eigenvalue weighted by Gasteiger charge is -2.22. The van der Waals surface area contributed by atoms with Gasteiger partial charge in [-0.05, 0) is 38.1 Å². The van der Waals surface area contributed by atoms with Crippen molar-refractivity contribution in [2.75, 3.05) is 19.6 Å². The van der Waals surface area contributed by atoms with Crippen LogP contribution in [0.1, 0.15) is 25.7 Å². The molecule has 15 heavy (non-hydrogen) atoms. The second-order valence-corrected chi connectivity index (χ2v) is 4.69. The zero-order valence-corrected chi connectivity index (χ0v) is 9.04. The van der Waals surface area contributed by atoms with Crippen LogP contribution in [0.15, 0.2) is 0 Å². The van der Waals surface area contributed by atoms with Crippen LogP contribution in [0.5, 0.6) is 0 Å². The van der Waals surface area contributed by atoms with E-state index in [0.29, 0.717) is 12.5 Å². The summed E-state index contributed by atoms with van der Waals surface area (Å²) in [5.74, 6) is 0.641. The molecular formula is C11H20N2O2. The highest BCUT2D eigenvalue weighted by atomic mass is 16.3. The second-order valence-electron chi connectivity index (χ2n) is 4.69. The van der Waals surface area contributed by atoms with Gasteiger partial charge in [-0.2, -0.15) is 0 Å². The number of hydrogen-bond acceptors (Lipinski definition) is 3. The molecule has 0 aromatic carbocycles. The summed E-state index contributed by atoms with van der Waals surface area (Å²) in [5, 5.41) is 15.7. The van der Waals surface area contributed by atoms with Crippen molar-refractivity contribution in [3.8, 4) is 0 Å². The van der Waals surface area contributed by atoms with Gasteiger partial charge in [0.05, 0.1) is 12.0 Å². The number of carbonyl (C=O) groups is 1. The van der Waals surface area contributed by atoms with Gasteiger partial charge in [-0.25, -0.2) is 0 Å². The number of carbonyl (C=O) groups excluding carboxylic acids is 1. The summed E-state index contributed by atoms with van der Waals surface area (Å²) in [6.07, 6.45) is 3.94. The molecular weight excluding hydrogens is 192 g/mol. The fourth-order valence-corrected chi connectivity index (χ4v) is 2.07. The van der Waals surface area contributed by atoms with Crippen molar-refractivity contribution in [2.24, 2.45) is 11.8 Å². The first kappa shape index (κ1) is 10.9. The third-order valence-electron chi connectivity index (χ3n) is 3.32. The molecule has 4 nitrogen and oxygen atoms in total. The van der Waals surface area contributed by atoms with E-state index in [1.165, 1.54) is 0 Å². The van der Waals surface area contributed by atoms with Crippen LogP contribution in [0.2, 0.25) is 0 Å². The van der Waals surface area contributed by atoms with Crippen molar-refractivity contribution >= 4 is 5.91 Å². The fourth-order valence-electron chi connectivity index (χ4n) is 2.07. The van der Waals surface area contributed by atoms with E-state index < -0.39 is 0 Å². The Labute approximate surface area is 90.4 Å². The first-order valence-electron chi connectivity index (χ1n) is 5.94. The number of hydrogen-bond donors (Lipinski definition) is 3. The Morgan fingerprint density at radius 3 is 2.87 bits per heavy atom. The van der Waals surface area contributed by atoms with Gasteiger partial charge in [-0.1, -0.05) is 0 Å². The Hall–Kier alpha value is -0.610. The van der Waals surface area contributed by atoms with Crippen molar-refractivity contribution in [3.05, 3.63) is 0 Å². The third kappa shape index (κ3) is 3.18. The number of piperidine rings is 1. The number of nitrogens with one attached hydrogen (secondary N) is 2. The molecule has 86 valence electrons. The van der Waals surface area contributed by atoms with Crippen LogP contribution >= 0.6 is 0 Å². The molecule has 1 amide bonds. The van der Waals surface area contributed by atoms with Crippen LogP contribution in [-0.4, -0.2) is 36.8 Å². The second kappa shape index (κ2) is 4.94. The van der Waals surface area contributed by atoms with E-state index in [9.17, 15) is 9.90 Å². The van der Waals surface area contributed by atoms with Crippen molar-refractivity contribution in [2.45, 2.75) is 31.8 Å². The van der Waals surface area contributed by atoms with Crippen LogP contribution < -0.4 is 10.6 Å². The van der Waals surface area contributed by atoms with E-state index in [1.54, 1.807) is 0 Å². The van der Waals surface area contributed by atoms with Gasteiger partial charge in [-0.3, -0.25) is 4.79 Å². The molecule has 1 saturated heterocycles. The van der Waals surface area contributed by atoms with E-state index in [0.717, 1.165) is 38.8 Å². The minimum absolute atomic E-state index is 0.0990. The Kier molecular flexibility index (Phi) is 3.59.